The zero-order valence-corrected chi connectivity index (χ0v) is 9.97. The number of benzene rings is 2. The van der Waals surface area contributed by atoms with E-state index in [0.717, 1.165) is 0 Å². The molecule has 0 aliphatic rings. The molecule has 0 aromatic heterocycles. The lowest BCUT2D eigenvalue weighted by Crippen LogP contribution is -2.14. The second-order valence-electron chi connectivity index (χ2n) is 4.01. The minimum atomic E-state index is -0.339. The number of aryl methyl sites for hydroxylation is 1. The Morgan fingerprint density at radius 3 is 2.61 bits per heavy atom. The van der Waals surface area contributed by atoms with Crippen molar-refractivity contribution in [1.82, 2.24) is 0 Å². The Kier molecular flexibility index (Phi) is 3.19. The van der Waals surface area contributed by atoms with Crippen molar-refractivity contribution in [2.75, 3.05) is 11.1 Å². The zero-order valence-electron chi connectivity index (χ0n) is 9.97. The number of anilines is 2. The van der Waals surface area contributed by atoms with Crippen molar-refractivity contribution in [2.45, 2.75) is 6.92 Å². The molecule has 0 unspecified atom stereocenters. The predicted molar refractivity (Wildman–Crippen MR) is 71.7 cm³/mol. The number of nitrogens with one attached hydrogen (secondary N) is 1. The maximum absolute atomic E-state index is 12.0. The van der Waals surface area contributed by atoms with E-state index in [2.05, 4.69) is 5.32 Å². The number of rotatable bonds is 2. The third-order valence-corrected chi connectivity index (χ3v) is 2.69. The number of phenolic OH excluding ortho intramolecular Hbond substituents is 1. The number of hydrogen-bond acceptors (Lipinski definition) is 3. The molecule has 0 fully saturated rings. The molecule has 4 heteroatoms. The summed E-state index contributed by atoms with van der Waals surface area (Å²) in [7, 11) is 0. The lowest BCUT2D eigenvalue weighted by atomic mass is 10.1. The predicted octanol–water partition coefficient (Wildman–Crippen LogP) is 2.54. The van der Waals surface area contributed by atoms with Crippen molar-refractivity contribution >= 4 is 17.3 Å². The van der Waals surface area contributed by atoms with Crippen molar-refractivity contribution in [1.29, 1.82) is 0 Å². The summed E-state index contributed by atoms with van der Waals surface area (Å²) in [5.74, 6) is -0.269. The lowest BCUT2D eigenvalue weighted by Gasteiger charge is -2.10. The quantitative estimate of drug-likeness (QED) is 0.559. The van der Waals surface area contributed by atoms with E-state index in [0.29, 0.717) is 22.5 Å². The van der Waals surface area contributed by atoms with Gasteiger partial charge in [0.15, 0.2) is 0 Å². The molecule has 2 aromatic rings. The SMILES string of the molecule is Cc1cccc(NC(=O)c2ccccc2N)c1O. The molecule has 1 amide bonds. The van der Waals surface area contributed by atoms with Crippen LogP contribution in [0.3, 0.4) is 0 Å². The van der Waals surface area contributed by atoms with Gasteiger partial charge >= 0.3 is 0 Å². The molecule has 2 rings (SSSR count). The minimum Gasteiger partial charge on any atom is -0.505 e. The molecule has 2 aromatic carbocycles. The first-order valence-electron chi connectivity index (χ1n) is 5.54. The number of aromatic hydroxyl groups is 1. The summed E-state index contributed by atoms with van der Waals surface area (Å²) in [4.78, 5) is 12.0. The fraction of sp³-hybridized carbons (Fsp3) is 0.0714. The smallest absolute Gasteiger partial charge is 0.257 e. The van der Waals surface area contributed by atoms with E-state index in [1.54, 1.807) is 49.4 Å². The molecule has 0 saturated carbocycles. The van der Waals surface area contributed by atoms with Crippen molar-refractivity contribution in [2.24, 2.45) is 0 Å². The van der Waals surface area contributed by atoms with Crippen LogP contribution in [0.1, 0.15) is 15.9 Å². The molecular weight excluding hydrogens is 228 g/mol. The van der Waals surface area contributed by atoms with Crippen LogP contribution in [0, 0.1) is 6.92 Å². The Morgan fingerprint density at radius 2 is 1.89 bits per heavy atom. The van der Waals surface area contributed by atoms with Crippen LogP contribution in [0.2, 0.25) is 0 Å². The monoisotopic (exact) mass is 242 g/mol. The first kappa shape index (κ1) is 12.0. The third kappa shape index (κ3) is 2.27. The number of carbonyl (C=O) groups excluding carboxylic acids is 1. The van der Waals surface area contributed by atoms with E-state index in [4.69, 9.17) is 5.73 Å². The summed E-state index contributed by atoms with van der Waals surface area (Å²) in [6.07, 6.45) is 0. The summed E-state index contributed by atoms with van der Waals surface area (Å²) >= 11 is 0. The van der Waals surface area contributed by atoms with E-state index < -0.39 is 0 Å². The molecule has 92 valence electrons. The van der Waals surface area contributed by atoms with Crippen LogP contribution in [0.15, 0.2) is 42.5 Å². The van der Waals surface area contributed by atoms with Crippen LogP contribution < -0.4 is 11.1 Å². The Morgan fingerprint density at radius 1 is 1.17 bits per heavy atom. The van der Waals surface area contributed by atoms with E-state index in [-0.39, 0.29) is 11.7 Å². The molecule has 0 aliphatic heterocycles. The first-order chi connectivity index (χ1) is 8.59. The van der Waals surface area contributed by atoms with Gasteiger partial charge in [-0.1, -0.05) is 24.3 Å². The number of para-hydroxylation sites is 2. The van der Waals surface area contributed by atoms with Gasteiger partial charge in [0.2, 0.25) is 0 Å². The summed E-state index contributed by atoms with van der Waals surface area (Å²) < 4.78 is 0. The van der Waals surface area contributed by atoms with Crippen molar-refractivity contribution in [3.8, 4) is 5.75 Å². The highest BCUT2D eigenvalue weighted by molar-refractivity contribution is 6.08. The van der Waals surface area contributed by atoms with Gasteiger partial charge in [-0.05, 0) is 30.7 Å². The highest BCUT2D eigenvalue weighted by Crippen LogP contribution is 2.27. The highest BCUT2D eigenvalue weighted by Gasteiger charge is 2.11. The summed E-state index contributed by atoms with van der Waals surface area (Å²) in [5, 5.41) is 12.5. The number of nitrogens with two attached hydrogens (primary N) is 1. The Hall–Kier alpha value is -2.49. The molecule has 0 saturated heterocycles. The molecule has 18 heavy (non-hydrogen) atoms. The molecule has 0 aliphatic carbocycles. The number of carbonyl (C=O) groups is 1. The van der Waals surface area contributed by atoms with Crippen LogP contribution in [0.4, 0.5) is 11.4 Å². The molecule has 0 atom stereocenters. The Labute approximate surface area is 105 Å². The average molecular weight is 242 g/mol. The molecule has 0 bridgehead atoms. The molecule has 0 spiro atoms. The largest absolute Gasteiger partial charge is 0.505 e. The highest BCUT2D eigenvalue weighted by atomic mass is 16.3. The van der Waals surface area contributed by atoms with Crippen LogP contribution in [0.25, 0.3) is 0 Å². The number of phenols is 1. The van der Waals surface area contributed by atoms with Crippen LogP contribution in [-0.2, 0) is 0 Å². The van der Waals surface area contributed by atoms with E-state index >= 15 is 0 Å². The Bertz CT molecular complexity index is 594. The third-order valence-electron chi connectivity index (χ3n) is 2.69. The molecule has 0 radical (unpaired) electrons. The molecule has 0 heterocycles. The maximum Gasteiger partial charge on any atom is 0.257 e. The van der Waals surface area contributed by atoms with Gasteiger partial charge in [0.1, 0.15) is 5.75 Å². The van der Waals surface area contributed by atoms with Crippen molar-refractivity contribution in [3.05, 3.63) is 53.6 Å². The zero-order chi connectivity index (χ0) is 13.1. The molecular formula is C14H14N2O2. The number of amides is 1. The Balaban J connectivity index is 2.27. The van der Waals surface area contributed by atoms with Gasteiger partial charge < -0.3 is 16.2 Å². The second kappa shape index (κ2) is 4.79. The van der Waals surface area contributed by atoms with Crippen LogP contribution in [-0.4, -0.2) is 11.0 Å². The van der Waals surface area contributed by atoms with Crippen molar-refractivity contribution < 1.29 is 9.90 Å². The van der Waals surface area contributed by atoms with Gasteiger partial charge in [0.25, 0.3) is 5.91 Å². The number of nitrogen functional groups attached to an aromatic ring is 1. The van der Waals surface area contributed by atoms with Gasteiger partial charge in [-0.15, -0.1) is 0 Å². The van der Waals surface area contributed by atoms with Gasteiger partial charge in [-0.3, -0.25) is 4.79 Å². The maximum atomic E-state index is 12.0. The second-order valence-corrected chi connectivity index (χ2v) is 4.01. The topological polar surface area (TPSA) is 75.4 Å². The van der Waals surface area contributed by atoms with Gasteiger partial charge in [0, 0.05) is 5.69 Å². The first-order valence-corrected chi connectivity index (χ1v) is 5.54. The normalized spacial score (nSPS) is 10.1. The van der Waals surface area contributed by atoms with E-state index in [1.165, 1.54) is 0 Å². The van der Waals surface area contributed by atoms with Gasteiger partial charge in [-0.2, -0.15) is 0 Å². The van der Waals surface area contributed by atoms with E-state index in [1.807, 2.05) is 0 Å². The molecule has 4 nitrogen and oxygen atoms in total. The average Bonchev–Trinajstić information content (AvgIpc) is 2.35. The fourth-order valence-electron chi connectivity index (χ4n) is 1.65. The summed E-state index contributed by atoms with van der Waals surface area (Å²) in [6.45, 7) is 1.77. The minimum absolute atomic E-state index is 0.0698. The van der Waals surface area contributed by atoms with Crippen molar-refractivity contribution in [3.63, 3.8) is 0 Å². The number of hydrogen-bond donors (Lipinski definition) is 3. The van der Waals surface area contributed by atoms with Crippen LogP contribution >= 0.6 is 0 Å². The molecule has 4 N–H and O–H groups in total. The summed E-state index contributed by atoms with van der Waals surface area (Å²) in [5.41, 5.74) is 7.59. The standard InChI is InChI=1S/C14H14N2O2/c1-9-5-4-8-12(13(9)17)16-14(18)10-6-2-3-7-11(10)15/h2-8,17H,15H2,1H3,(H,16,18). The van der Waals surface area contributed by atoms with Gasteiger partial charge in [-0.25, -0.2) is 0 Å². The van der Waals surface area contributed by atoms with Crippen LogP contribution in [0.5, 0.6) is 5.75 Å². The summed E-state index contributed by atoms with van der Waals surface area (Å²) in [6, 6.07) is 12.0. The fourth-order valence-corrected chi connectivity index (χ4v) is 1.65. The van der Waals surface area contributed by atoms with E-state index in [9.17, 15) is 9.90 Å². The lowest BCUT2D eigenvalue weighted by molar-refractivity contribution is 0.102. The van der Waals surface area contributed by atoms with Gasteiger partial charge in [0.05, 0.1) is 11.3 Å².